The first-order valence-electron chi connectivity index (χ1n) is 22.2. The molecule has 0 amide bonds. The summed E-state index contributed by atoms with van der Waals surface area (Å²) in [6.07, 6.45) is 26.7. The molecule has 7 heteroatoms. The topological polar surface area (TPSA) is 82.1 Å². The molecule has 312 valence electrons. The Morgan fingerprint density at radius 3 is 1.69 bits per heavy atom. The van der Waals surface area contributed by atoms with Gasteiger partial charge in [0.1, 0.15) is 0 Å². The molecule has 54 heavy (non-hydrogen) atoms. The van der Waals surface area contributed by atoms with Gasteiger partial charge in [-0.15, -0.1) is 0 Å². The van der Waals surface area contributed by atoms with Crippen molar-refractivity contribution in [3.8, 4) is 0 Å². The van der Waals surface area contributed by atoms with Crippen LogP contribution in [0.15, 0.2) is 29.8 Å². The highest BCUT2D eigenvalue weighted by Gasteiger charge is 2.20. The van der Waals surface area contributed by atoms with E-state index in [1.165, 1.54) is 38.5 Å². The lowest BCUT2D eigenvalue weighted by Gasteiger charge is -2.21. The molecule has 3 atom stereocenters. The first-order valence-corrected chi connectivity index (χ1v) is 22.2. The Hall–Kier alpha value is -2.55. The lowest BCUT2D eigenvalue weighted by Crippen LogP contribution is -2.28. The van der Waals surface area contributed by atoms with Gasteiger partial charge in [-0.1, -0.05) is 129 Å². The van der Waals surface area contributed by atoms with Gasteiger partial charge < -0.3 is 19.1 Å². The van der Waals surface area contributed by atoms with Gasteiger partial charge in [-0.2, -0.15) is 0 Å². The molecule has 0 bridgehead atoms. The molecule has 0 aromatic rings. The van der Waals surface area contributed by atoms with Crippen molar-refractivity contribution < 1.29 is 28.6 Å². The van der Waals surface area contributed by atoms with Gasteiger partial charge in [0.05, 0.1) is 25.7 Å². The van der Waals surface area contributed by atoms with Crippen LogP contribution in [-0.2, 0) is 28.6 Å². The van der Waals surface area contributed by atoms with Crippen molar-refractivity contribution in [3.63, 3.8) is 0 Å². The fourth-order valence-electron chi connectivity index (χ4n) is 6.53. The van der Waals surface area contributed by atoms with Crippen LogP contribution >= 0.6 is 0 Å². The van der Waals surface area contributed by atoms with Gasteiger partial charge in [-0.05, 0) is 102 Å². The summed E-state index contributed by atoms with van der Waals surface area (Å²) in [6.45, 7) is 16.9. The molecule has 0 aromatic carbocycles. The number of carbonyl (C=O) groups is 3. The highest BCUT2D eigenvalue weighted by atomic mass is 16.5. The van der Waals surface area contributed by atoms with E-state index in [4.69, 9.17) is 14.2 Å². The van der Waals surface area contributed by atoms with E-state index in [0.717, 1.165) is 116 Å². The molecule has 0 aliphatic rings. The largest absolute Gasteiger partial charge is 0.466 e. The summed E-state index contributed by atoms with van der Waals surface area (Å²) < 4.78 is 16.8. The van der Waals surface area contributed by atoms with E-state index >= 15 is 0 Å². The summed E-state index contributed by atoms with van der Waals surface area (Å²) >= 11 is 0. The molecule has 0 N–H and O–H groups in total. The summed E-state index contributed by atoms with van der Waals surface area (Å²) in [6, 6.07) is 0.475. The molecule has 3 unspecified atom stereocenters. The Kier molecular flexibility index (Phi) is 35.6. The second-order valence-corrected chi connectivity index (χ2v) is 15.9. The zero-order chi connectivity index (χ0) is 40.1. The summed E-state index contributed by atoms with van der Waals surface area (Å²) in [4.78, 5) is 39.9. The summed E-state index contributed by atoms with van der Waals surface area (Å²) in [5.41, 5.74) is 8.36. The molecular formula is C47H83NO6. The highest BCUT2D eigenvalue weighted by Crippen LogP contribution is 2.22. The molecule has 0 aliphatic carbocycles. The lowest BCUT2D eigenvalue weighted by atomic mass is 9.94. The number of hydrogen-bond donors (Lipinski definition) is 0. The Labute approximate surface area is 332 Å². The average molecular weight is 758 g/mol. The van der Waals surface area contributed by atoms with Crippen molar-refractivity contribution in [2.75, 3.05) is 33.4 Å². The van der Waals surface area contributed by atoms with E-state index in [1.807, 2.05) is 6.08 Å². The second kappa shape index (κ2) is 37.4. The van der Waals surface area contributed by atoms with Crippen LogP contribution in [0.2, 0.25) is 0 Å². The predicted octanol–water partition coefficient (Wildman–Crippen LogP) is 12.3. The number of rotatable bonds is 37. The predicted molar refractivity (Wildman–Crippen MR) is 224 cm³/mol. The number of allylic oxidation sites excluding steroid dienone is 1. The van der Waals surface area contributed by atoms with E-state index < -0.39 is 0 Å². The third-order valence-corrected chi connectivity index (χ3v) is 10.6. The summed E-state index contributed by atoms with van der Waals surface area (Å²) in [7, 11) is 2.10. The Morgan fingerprint density at radius 1 is 0.611 bits per heavy atom. The minimum absolute atomic E-state index is 0.0522. The Balaban J connectivity index is 4.43. The number of hydrogen-bond acceptors (Lipinski definition) is 7. The van der Waals surface area contributed by atoms with E-state index in [2.05, 4.69) is 70.3 Å². The van der Waals surface area contributed by atoms with Crippen LogP contribution in [0.3, 0.4) is 0 Å². The van der Waals surface area contributed by atoms with Gasteiger partial charge >= 0.3 is 17.9 Å². The van der Waals surface area contributed by atoms with Gasteiger partial charge in [0.2, 0.25) is 0 Å². The lowest BCUT2D eigenvalue weighted by molar-refractivity contribution is -0.149. The quantitative estimate of drug-likeness (QED) is 0.0270. The van der Waals surface area contributed by atoms with Crippen molar-refractivity contribution in [2.24, 2.45) is 17.8 Å². The van der Waals surface area contributed by atoms with Crippen LogP contribution in [0.4, 0.5) is 0 Å². The zero-order valence-corrected chi connectivity index (χ0v) is 36.0. The molecule has 0 aliphatic heterocycles. The highest BCUT2D eigenvalue weighted by molar-refractivity contribution is 5.72. The van der Waals surface area contributed by atoms with Gasteiger partial charge in [-0.25, -0.2) is 0 Å². The SMILES string of the molecule is C=C=C=C=CC(CCCCC)CCOC(=O)CCCCCCCC(CCCCCCCC(=O)OCCC(C)CCCCC)C(=O)OCCCN(C)C(C)C. The third kappa shape index (κ3) is 32.8. The second-order valence-electron chi connectivity index (χ2n) is 15.9. The number of carbonyl (C=O) groups excluding carboxylic acids is 3. The van der Waals surface area contributed by atoms with Crippen molar-refractivity contribution in [2.45, 2.75) is 201 Å². The normalized spacial score (nSPS) is 12.7. The number of ether oxygens (including phenoxy) is 3. The van der Waals surface area contributed by atoms with Gasteiger partial charge in [0.15, 0.2) is 0 Å². The molecule has 7 nitrogen and oxygen atoms in total. The minimum Gasteiger partial charge on any atom is -0.466 e. The van der Waals surface area contributed by atoms with Crippen LogP contribution in [0.25, 0.3) is 0 Å². The van der Waals surface area contributed by atoms with E-state index in [0.29, 0.717) is 50.5 Å². The van der Waals surface area contributed by atoms with Crippen molar-refractivity contribution in [1.82, 2.24) is 4.90 Å². The zero-order valence-electron chi connectivity index (χ0n) is 36.0. The van der Waals surface area contributed by atoms with Crippen LogP contribution < -0.4 is 0 Å². The fourth-order valence-corrected chi connectivity index (χ4v) is 6.53. The minimum atomic E-state index is -0.117. The molecule has 0 heterocycles. The number of esters is 3. The monoisotopic (exact) mass is 758 g/mol. The van der Waals surface area contributed by atoms with E-state index in [1.54, 1.807) is 0 Å². The van der Waals surface area contributed by atoms with Crippen LogP contribution in [0, 0.1) is 17.8 Å². The number of nitrogens with zero attached hydrogens (tertiary/aromatic N) is 1. The molecular weight excluding hydrogens is 675 g/mol. The first-order chi connectivity index (χ1) is 26.1. The Bertz CT molecular complexity index is 1050. The molecule has 0 aromatic heterocycles. The summed E-state index contributed by atoms with van der Waals surface area (Å²) in [5, 5.41) is 0. The standard InChI is InChI=1S/C47H83NO6/c1-8-11-20-28-42(6)35-39-52-45(49)33-25-18-14-16-23-31-44(47(51)54-38-27-37-48(7)41(4)5)32-24-17-15-19-26-34-46(50)53-40-36-43(29-21-12-9-2)30-22-13-10-3/h29,41-44H,2,8,10-11,13-20,22-28,30-40H2,1,3-7H3. The van der Waals surface area contributed by atoms with Gasteiger partial charge in [-0.3, -0.25) is 14.4 Å². The first kappa shape index (κ1) is 51.5. The van der Waals surface area contributed by atoms with E-state index in [9.17, 15) is 14.4 Å². The maximum atomic E-state index is 13.1. The van der Waals surface area contributed by atoms with Crippen molar-refractivity contribution in [3.05, 3.63) is 29.8 Å². The molecule has 0 fully saturated rings. The van der Waals surface area contributed by atoms with Crippen molar-refractivity contribution in [1.29, 1.82) is 0 Å². The molecule has 0 saturated carbocycles. The maximum Gasteiger partial charge on any atom is 0.308 e. The molecule has 0 saturated heterocycles. The van der Waals surface area contributed by atoms with Gasteiger partial charge in [0.25, 0.3) is 0 Å². The third-order valence-electron chi connectivity index (χ3n) is 10.6. The van der Waals surface area contributed by atoms with Gasteiger partial charge in [0, 0.05) is 25.4 Å². The summed E-state index contributed by atoms with van der Waals surface area (Å²) in [5.74, 6) is 0.632. The molecule has 0 radical (unpaired) electrons. The smallest absolute Gasteiger partial charge is 0.308 e. The maximum absolute atomic E-state index is 13.1. The average Bonchev–Trinajstić information content (AvgIpc) is 3.14. The molecule has 0 spiro atoms. The van der Waals surface area contributed by atoms with Crippen LogP contribution in [-0.4, -0.2) is 62.3 Å². The van der Waals surface area contributed by atoms with Crippen LogP contribution in [0.5, 0.6) is 0 Å². The fraction of sp³-hybridized carbons (Fsp3) is 0.830. The molecule has 0 rings (SSSR count). The number of unbranched alkanes of at least 4 members (excludes halogenated alkanes) is 12. The van der Waals surface area contributed by atoms with Crippen LogP contribution in [0.1, 0.15) is 195 Å². The van der Waals surface area contributed by atoms with E-state index in [-0.39, 0.29) is 23.8 Å². The van der Waals surface area contributed by atoms with Crippen molar-refractivity contribution >= 4 is 17.9 Å². The Morgan fingerprint density at radius 2 is 1.13 bits per heavy atom.